The number of nitrogens with two attached hydrogens (primary N) is 1. The highest BCUT2D eigenvalue weighted by Gasteiger charge is 2.14. The topological polar surface area (TPSA) is 55.1 Å². The van der Waals surface area contributed by atoms with Crippen LogP contribution in [0.1, 0.15) is 20.8 Å². The summed E-state index contributed by atoms with van der Waals surface area (Å²) >= 11 is 7.42. The molecule has 0 aliphatic rings. The Hall–Kier alpha value is -1.80. The number of aryl methyl sites for hydroxylation is 1. The van der Waals surface area contributed by atoms with Gasteiger partial charge in [-0.15, -0.1) is 11.3 Å². The summed E-state index contributed by atoms with van der Waals surface area (Å²) in [6.45, 7) is 2.18. The van der Waals surface area contributed by atoms with Crippen LogP contribution < -0.4 is 11.1 Å². The molecule has 1 heterocycles. The Kier molecular flexibility index (Phi) is 4.80. The molecule has 0 unspecified atom stereocenters. The Bertz CT molecular complexity index is 697. The summed E-state index contributed by atoms with van der Waals surface area (Å²) < 4.78 is 0. The first kappa shape index (κ1) is 14.6. The monoisotopic (exact) mass is 304 g/mol. The fourth-order valence-corrected chi connectivity index (χ4v) is 2.77. The van der Waals surface area contributed by atoms with Gasteiger partial charge in [-0.1, -0.05) is 29.5 Å². The summed E-state index contributed by atoms with van der Waals surface area (Å²) in [5.41, 5.74) is 7.73. The Morgan fingerprint density at radius 3 is 2.95 bits per heavy atom. The summed E-state index contributed by atoms with van der Waals surface area (Å²) in [6.07, 6.45) is 0. The van der Waals surface area contributed by atoms with Crippen LogP contribution in [0.5, 0.6) is 0 Å². The quantitative estimate of drug-likeness (QED) is 0.837. The van der Waals surface area contributed by atoms with E-state index in [4.69, 9.17) is 17.3 Å². The fourth-order valence-electron chi connectivity index (χ4n) is 1.60. The third kappa shape index (κ3) is 3.40. The predicted molar refractivity (Wildman–Crippen MR) is 84.4 cm³/mol. The second kappa shape index (κ2) is 6.58. The largest absolute Gasteiger partial charge is 0.321 e. The van der Waals surface area contributed by atoms with E-state index in [1.807, 2.05) is 24.4 Å². The highest BCUT2D eigenvalue weighted by molar-refractivity contribution is 7.13. The lowest BCUT2D eigenvalue weighted by molar-refractivity contribution is 0.103. The second-order valence-electron chi connectivity index (χ2n) is 4.10. The van der Waals surface area contributed by atoms with Gasteiger partial charge in [0.1, 0.15) is 4.88 Å². The average Bonchev–Trinajstić information content (AvgIpc) is 2.77. The Morgan fingerprint density at radius 2 is 2.30 bits per heavy atom. The van der Waals surface area contributed by atoms with Gasteiger partial charge in [-0.3, -0.25) is 4.79 Å². The van der Waals surface area contributed by atoms with Crippen molar-refractivity contribution in [2.45, 2.75) is 6.92 Å². The summed E-state index contributed by atoms with van der Waals surface area (Å²) in [6, 6.07) is 7.30. The highest BCUT2D eigenvalue weighted by Crippen LogP contribution is 2.27. The number of rotatable bonds is 2. The highest BCUT2D eigenvalue weighted by atomic mass is 35.5. The van der Waals surface area contributed by atoms with Crippen molar-refractivity contribution < 1.29 is 4.79 Å². The zero-order valence-corrected chi connectivity index (χ0v) is 12.4. The molecule has 0 radical (unpaired) electrons. The molecule has 0 saturated heterocycles. The van der Waals surface area contributed by atoms with E-state index in [2.05, 4.69) is 17.2 Å². The zero-order chi connectivity index (χ0) is 14.5. The third-order valence-corrected chi connectivity index (χ3v) is 4.26. The van der Waals surface area contributed by atoms with Crippen LogP contribution in [0, 0.1) is 18.8 Å². The molecule has 0 saturated carbocycles. The molecule has 1 amide bonds. The minimum absolute atomic E-state index is 0.211. The number of thiophene rings is 1. The summed E-state index contributed by atoms with van der Waals surface area (Å²) in [7, 11) is 0. The first-order valence-electron chi connectivity index (χ1n) is 5.95. The van der Waals surface area contributed by atoms with Crippen LogP contribution in [0.4, 0.5) is 5.69 Å². The molecule has 102 valence electrons. The van der Waals surface area contributed by atoms with Crippen LogP contribution in [0.3, 0.4) is 0 Å². The number of anilines is 1. The molecule has 20 heavy (non-hydrogen) atoms. The number of benzene rings is 1. The first-order chi connectivity index (χ1) is 9.61. The minimum atomic E-state index is -0.211. The lowest BCUT2D eigenvalue weighted by atomic mass is 10.2. The molecule has 3 N–H and O–H groups in total. The Morgan fingerprint density at radius 1 is 1.50 bits per heavy atom. The van der Waals surface area contributed by atoms with Crippen molar-refractivity contribution in [1.82, 2.24) is 0 Å². The molecule has 0 aliphatic carbocycles. The number of hydrogen-bond acceptors (Lipinski definition) is 3. The predicted octanol–water partition coefficient (Wildman–Crippen LogP) is 3.27. The van der Waals surface area contributed by atoms with Gasteiger partial charge in [-0.05, 0) is 36.1 Å². The number of nitrogens with one attached hydrogen (secondary N) is 1. The molecular formula is C15H13ClN2OS. The van der Waals surface area contributed by atoms with Gasteiger partial charge >= 0.3 is 0 Å². The van der Waals surface area contributed by atoms with Crippen LogP contribution >= 0.6 is 22.9 Å². The zero-order valence-electron chi connectivity index (χ0n) is 10.9. The molecule has 0 bridgehead atoms. The smallest absolute Gasteiger partial charge is 0.267 e. The minimum Gasteiger partial charge on any atom is -0.321 e. The van der Waals surface area contributed by atoms with Crippen molar-refractivity contribution in [2.75, 3.05) is 11.9 Å². The fraction of sp³-hybridized carbons (Fsp3) is 0.133. The van der Waals surface area contributed by atoms with E-state index in [0.717, 1.165) is 11.1 Å². The molecule has 1 aromatic carbocycles. The van der Waals surface area contributed by atoms with E-state index in [0.29, 0.717) is 22.1 Å². The van der Waals surface area contributed by atoms with Gasteiger partial charge in [-0.25, -0.2) is 0 Å². The van der Waals surface area contributed by atoms with Crippen molar-refractivity contribution in [3.05, 3.63) is 50.7 Å². The molecule has 3 nitrogen and oxygen atoms in total. The Labute approximate surface area is 126 Å². The molecule has 2 aromatic rings. The van der Waals surface area contributed by atoms with Crippen LogP contribution in [-0.4, -0.2) is 12.5 Å². The van der Waals surface area contributed by atoms with E-state index in [1.54, 1.807) is 12.1 Å². The number of carbonyl (C=O) groups excluding carboxylic acids is 1. The maximum Gasteiger partial charge on any atom is 0.267 e. The molecule has 0 atom stereocenters. The van der Waals surface area contributed by atoms with Crippen molar-refractivity contribution >= 4 is 34.5 Å². The van der Waals surface area contributed by atoms with E-state index in [1.165, 1.54) is 11.3 Å². The van der Waals surface area contributed by atoms with Crippen LogP contribution in [0.2, 0.25) is 5.02 Å². The number of carbonyl (C=O) groups is 1. The molecule has 0 fully saturated rings. The Balaban J connectivity index is 2.18. The lowest BCUT2D eigenvalue weighted by Crippen LogP contribution is -2.10. The van der Waals surface area contributed by atoms with Gasteiger partial charge < -0.3 is 11.1 Å². The molecule has 0 aliphatic heterocycles. The second-order valence-corrected chi connectivity index (χ2v) is 5.36. The van der Waals surface area contributed by atoms with Gasteiger partial charge in [0.2, 0.25) is 0 Å². The average molecular weight is 305 g/mol. The number of amides is 1. The normalized spacial score (nSPS) is 9.75. The van der Waals surface area contributed by atoms with Crippen LogP contribution in [0.25, 0.3) is 0 Å². The van der Waals surface area contributed by atoms with Gasteiger partial charge in [0.25, 0.3) is 5.91 Å². The van der Waals surface area contributed by atoms with Gasteiger partial charge in [0.05, 0.1) is 11.6 Å². The number of hydrogen-bond donors (Lipinski definition) is 2. The van der Waals surface area contributed by atoms with Crippen LogP contribution in [-0.2, 0) is 0 Å². The standard InChI is InChI=1S/C15H13ClN2OS/c1-10-9-20-14(13(10)16)15(19)18-12-6-2-4-11(8-12)5-3-7-17/h2,4,6,8-9H,7,17H2,1H3,(H,18,19). The molecule has 2 rings (SSSR count). The van der Waals surface area contributed by atoms with Crippen molar-refractivity contribution in [3.8, 4) is 11.8 Å². The van der Waals surface area contributed by atoms with Crippen molar-refractivity contribution in [3.63, 3.8) is 0 Å². The molecular weight excluding hydrogens is 292 g/mol. The lowest BCUT2D eigenvalue weighted by Gasteiger charge is -2.04. The van der Waals surface area contributed by atoms with Gasteiger partial charge in [0.15, 0.2) is 0 Å². The first-order valence-corrected chi connectivity index (χ1v) is 7.21. The van der Waals surface area contributed by atoms with Crippen LogP contribution in [0.15, 0.2) is 29.6 Å². The molecule has 1 aromatic heterocycles. The maximum absolute atomic E-state index is 12.1. The van der Waals surface area contributed by atoms with E-state index < -0.39 is 0 Å². The van der Waals surface area contributed by atoms with E-state index >= 15 is 0 Å². The summed E-state index contributed by atoms with van der Waals surface area (Å²) in [5.74, 6) is 5.49. The van der Waals surface area contributed by atoms with Crippen molar-refractivity contribution in [1.29, 1.82) is 0 Å². The maximum atomic E-state index is 12.1. The van der Waals surface area contributed by atoms with E-state index in [9.17, 15) is 4.79 Å². The van der Waals surface area contributed by atoms with Gasteiger partial charge in [0, 0.05) is 11.3 Å². The van der Waals surface area contributed by atoms with E-state index in [-0.39, 0.29) is 5.91 Å². The van der Waals surface area contributed by atoms with Crippen molar-refractivity contribution in [2.24, 2.45) is 5.73 Å². The summed E-state index contributed by atoms with van der Waals surface area (Å²) in [5, 5.41) is 5.18. The third-order valence-electron chi connectivity index (χ3n) is 2.56. The van der Waals surface area contributed by atoms with Gasteiger partial charge in [-0.2, -0.15) is 0 Å². The molecule has 5 heteroatoms. The SMILES string of the molecule is Cc1csc(C(=O)Nc2cccc(C#CCN)c2)c1Cl. The molecule has 0 spiro atoms. The number of halogens is 1. The summed E-state index contributed by atoms with van der Waals surface area (Å²) in [4.78, 5) is 12.6.